The Labute approximate surface area is 148 Å². The summed E-state index contributed by atoms with van der Waals surface area (Å²) in [5.74, 6) is 2.86. The monoisotopic (exact) mass is 348 g/mol. The molecule has 1 N–H and O–H groups in total. The third-order valence-electron chi connectivity index (χ3n) is 4.32. The molecule has 5 nitrogen and oxygen atoms in total. The summed E-state index contributed by atoms with van der Waals surface area (Å²) in [6.07, 6.45) is 3.57. The van der Waals surface area contributed by atoms with E-state index in [4.69, 9.17) is 16.3 Å². The van der Waals surface area contributed by atoms with Crippen LogP contribution in [0.4, 0.5) is 0 Å². The standard InChI is InChI=1S/C18H25ClN4O/c1-12(2)24-16-8-7-14(10-15(16)19)13(3)20-11-18-22-21-17-6-4-5-9-23(17)18/h7-8,10,12-13,20H,4-6,9,11H2,1-3H3. The smallest absolute Gasteiger partial charge is 0.147 e. The van der Waals surface area contributed by atoms with Crippen molar-refractivity contribution in [1.82, 2.24) is 20.1 Å². The van der Waals surface area contributed by atoms with Crippen LogP contribution >= 0.6 is 11.6 Å². The molecule has 0 bridgehead atoms. The molecule has 130 valence electrons. The van der Waals surface area contributed by atoms with E-state index in [0.717, 1.165) is 35.9 Å². The minimum atomic E-state index is 0.114. The van der Waals surface area contributed by atoms with Crippen molar-refractivity contribution in [2.75, 3.05) is 0 Å². The minimum absolute atomic E-state index is 0.114. The first-order chi connectivity index (χ1) is 11.5. The number of aryl methyl sites for hydroxylation is 1. The van der Waals surface area contributed by atoms with E-state index in [-0.39, 0.29) is 12.1 Å². The first kappa shape index (κ1) is 17.2. The summed E-state index contributed by atoms with van der Waals surface area (Å²) in [6.45, 7) is 7.85. The lowest BCUT2D eigenvalue weighted by Crippen LogP contribution is -2.22. The molecule has 2 heterocycles. The van der Waals surface area contributed by atoms with Crippen LogP contribution in [0.25, 0.3) is 0 Å². The molecule has 0 amide bonds. The fraction of sp³-hybridized carbons (Fsp3) is 0.556. The zero-order chi connectivity index (χ0) is 17.1. The number of hydrogen-bond acceptors (Lipinski definition) is 4. The fourth-order valence-electron chi connectivity index (χ4n) is 3.00. The van der Waals surface area contributed by atoms with E-state index in [2.05, 4.69) is 33.1 Å². The van der Waals surface area contributed by atoms with Crippen LogP contribution in [0, 0.1) is 0 Å². The van der Waals surface area contributed by atoms with Gasteiger partial charge in [-0.15, -0.1) is 10.2 Å². The Balaban J connectivity index is 1.64. The van der Waals surface area contributed by atoms with Gasteiger partial charge in [-0.05, 0) is 51.3 Å². The molecule has 3 rings (SSSR count). The van der Waals surface area contributed by atoms with Gasteiger partial charge >= 0.3 is 0 Å². The van der Waals surface area contributed by atoms with Crippen molar-refractivity contribution in [3.63, 3.8) is 0 Å². The van der Waals surface area contributed by atoms with Crippen molar-refractivity contribution in [3.05, 3.63) is 40.4 Å². The SMILES string of the molecule is CC(C)Oc1ccc(C(C)NCc2nnc3n2CCCC3)cc1Cl. The zero-order valence-electron chi connectivity index (χ0n) is 14.6. The van der Waals surface area contributed by atoms with Crippen molar-refractivity contribution in [1.29, 1.82) is 0 Å². The van der Waals surface area contributed by atoms with Gasteiger partial charge in [0.15, 0.2) is 0 Å². The van der Waals surface area contributed by atoms with E-state index in [9.17, 15) is 0 Å². The van der Waals surface area contributed by atoms with Crippen LogP contribution in [0.1, 0.15) is 56.9 Å². The second-order valence-corrected chi connectivity index (χ2v) is 7.01. The van der Waals surface area contributed by atoms with E-state index in [1.54, 1.807) is 0 Å². The molecule has 2 aromatic rings. The van der Waals surface area contributed by atoms with Crippen LogP contribution in [-0.4, -0.2) is 20.9 Å². The van der Waals surface area contributed by atoms with Crippen LogP contribution < -0.4 is 10.1 Å². The van der Waals surface area contributed by atoms with Gasteiger partial charge in [0, 0.05) is 19.0 Å². The van der Waals surface area contributed by atoms with Crippen LogP contribution in [0.5, 0.6) is 5.75 Å². The van der Waals surface area contributed by atoms with Gasteiger partial charge in [0.2, 0.25) is 0 Å². The molecule has 0 aliphatic carbocycles. The third kappa shape index (κ3) is 3.90. The molecule has 0 spiro atoms. The first-order valence-corrected chi connectivity index (χ1v) is 9.03. The molecule has 0 radical (unpaired) electrons. The normalized spacial score (nSPS) is 15.4. The third-order valence-corrected chi connectivity index (χ3v) is 4.62. The second-order valence-electron chi connectivity index (χ2n) is 6.60. The maximum Gasteiger partial charge on any atom is 0.147 e. The van der Waals surface area contributed by atoms with Crippen molar-refractivity contribution >= 4 is 11.6 Å². The molecular weight excluding hydrogens is 324 g/mol. The number of rotatable bonds is 6. The molecule has 1 aliphatic heterocycles. The second kappa shape index (κ2) is 7.53. The lowest BCUT2D eigenvalue weighted by molar-refractivity contribution is 0.242. The minimum Gasteiger partial charge on any atom is -0.489 e. The molecular formula is C18H25ClN4O. The summed E-state index contributed by atoms with van der Waals surface area (Å²) in [6, 6.07) is 6.14. The fourth-order valence-corrected chi connectivity index (χ4v) is 3.23. The van der Waals surface area contributed by atoms with E-state index in [1.807, 2.05) is 26.0 Å². The summed E-state index contributed by atoms with van der Waals surface area (Å²) in [5.41, 5.74) is 1.13. The number of aromatic nitrogens is 3. The number of fused-ring (bicyclic) bond motifs is 1. The summed E-state index contributed by atoms with van der Waals surface area (Å²) in [5, 5.41) is 12.8. The van der Waals surface area contributed by atoms with Gasteiger partial charge in [-0.25, -0.2) is 0 Å². The Kier molecular flexibility index (Phi) is 5.41. The highest BCUT2D eigenvalue weighted by Crippen LogP contribution is 2.28. The lowest BCUT2D eigenvalue weighted by atomic mass is 10.1. The molecule has 0 fully saturated rings. The van der Waals surface area contributed by atoms with Crippen LogP contribution in [0.15, 0.2) is 18.2 Å². The number of ether oxygens (including phenoxy) is 1. The lowest BCUT2D eigenvalue weighted by Gasteiger charge is -2.18. The van der Waals surface area contributed by atoms with E-state index in [1.165, 1.54) is 12.8 Å². The molecule has 24 heavy (non-hydrogen) atoms. The van der Waals surface area contributed by atoms with Gasteiger partial charge in [-0.3, -0.25) is 0 Å². The maximum atomic E-state index is 6.33. The van der Waals surface area contributed by atoms with Crippen molar-refractivity contribution < 1.29 is 4.74 Å². The molecule has 0 saturated carbocycles. The van der Waals surface area contributed by atoms with Gasteiger partial charge < -0.3 is 14.6 Å². The molecule has 0 saturated heterocycles. The highest BCUT2D eigenvalue weighted by molar-refractivity contribution is 6.32. The predicted molar refractivity (Wildman–Crippen MR) is 95.4 cm³/mol. The summed E-state index contributed by atoms with van der Waals surface area (Å²) < 4.78 is 7.93. The van der Waals surface area contributed by atoms with Crippen molar-refractivity contribution in [2.24, 2.45) is 0 Å². The molecule has 1 aromatic carbocycles. The Morgan fingerprint density at radius 1 is 1.25 bits per heavy atom. The van der Waals surface area contributed by atoms with Crippen LogP contribution in [0.3, 0.4) is 0 Å². The first-order valence-electron chi connectivity index (χ1n) is 8.65. The topological polar surface area (TPSA) is 52.0 Å². The van der Waals surface area contributed by atoms with Crippen molar-refractivity contribution in [2.45, 2.75) is 65.3 Å². The van der Waals surface area contributed by atoms with Crippen LogP contribution in [-0.2, 0) is 19.5 Å². The van der Waals surface area contributed by atoms with E-state index >= 15 is 0 Å². The maximum absolute atomic E-state index is 6.33. The highest BCUT2D eigenvalue weighted by Gasteiger charge is 2.16. The molecule has 1 unspecified atom stereocenters. The number of hydrogen-bond donors (Lipinski definition) is 1. The average Bonchev–Trinajstić information content (AvgIpc) is 2.97. The Bertz CT molecular complexity index is 698. The zero-order valence-corrected chi connectivity index (χ0v) is 15.3. The van der Waals surface area contributed by atoms with Gasteiger partial charge in [-0.2, -0.15) is 0 Å². The number of nitrogens with zero attached hydrogens (tertiary/aromatic N) is 3. The Morgan fingerprint density at radius 2 is 2.08 bits per heavy atom. The van der Waals surface area contributed by atoms with Crippen LogP contribution in [0.2, 0.25) is 5.02 Å². The largest absolute Gasteiger partial charge is 0.489 e. The summed E-state index contributed by atoms with van der Waals surface area (Å²) in [7, 11) is 0. The van der Waals surface area contributed by atoms with Gasteiger partial charge in [0.1, 0.15) is 17.4 Å². The Hall–Kier alpha value is -1.59. The summed E-state index contributed by atoms with van der Waals surface area (Å²) in [4.78, 5) is 0. The number of benzene rings is 1. The molecule has 1 aromatic heterocycles. The van der Waals surface area contributed by atoms with Crippen molar-refractivity contribution in [3.8, 4) is 5.75 Å². The molecule has 6 heteroatoms. The van der Waals surface area contributed by atoms with E-state index < -0.39 is 0 Å². The number of nitrogens with one attached hydrogen (secondary N) is 1. The van der Waals surface area contributed by atoms with Gasteiger partial charge in [0.25, 0.3) is 0 Å². The quantitative estimate of drug-likeness (QED) is 0.860. The number of halogens is 1. The predicted octanol–water partition coefficient (Wildman–Crippen LogP) is 3.91. The van der Waals surface area contributed by atoms with Gasteiger partial charge in [0.05, 0.1) is 17.7 Å². The average molecular weight is 349 g/mol. The van der Waals surface area contributed by atoms with Gasteiger partial charge in [-0.1, -0.05) is 17.7 Å². The summed E-state index contributed by atoms with van der Waals surface area (Å²) >= 11 is 6.33. The van der Waals surface area contributed by atoms with E-state index in [0.29, 0.717) is 11.6 Å². The highest BCUT2D eigenvalue weighted by atomic mass is 35.5. The Morgan fingerprint density at radius 3 is 2.83 bits per heavy atom. The molecule has 1 atom stereocenters. The molecule has 1 aliphatic rings.